The molecule has 18 heavy (non-hydrogen) atoms. The van der Waals surface area contributed by atoms with Gasteiger partial charge in [0.1, 0.15) is 5.76 Å². The number of piperazine rings is 1. The summed E-state index contributed by atoms with van der Waals surface area (Å²) in [5.41, 5.74) is 0. The molecule has 1 aromatic heterocycles. The second-order valence-electron chi connectivity index (χ2n) is 4.03. The number of carbonyl (C=O) groups is 3. The van der Waals surface area contributed by atoms with Gasteiger partial charge in [0.2, 0.25) is 0 Å². The maximum Gasteiger partial charge on any atom is 0.312 e. The lowest BCUT2D eigenvalue weighted by molar-refractivity contribution is -0.156. The summed E-state index contributed by atoms with van der Waals surface area (Å²) >= 11 is 0. The van der Waals surface area contributed by atoms with Gasteiger partial charge in [0.15, 0.2) is 12.0 Å². The average Bonchev–Trinajstić information content (AvgIpc) is 2.83. The third-order valence-corrected chi connectivity index (χ3v) is 2.92. The number of rotatable bonds is 4. The van der Waals surface area contributed by atoms with E-state index < -0.39 is 11.8 Å². The van der Waals surface area contributed by atoms with Crippen LogP contribution < -0.4 is 0 Å². The Hall–Kier alpha value is -2.11. The number of carbonyl (C=O) groups excluding carboxylic acids is 3. The Kier molecular flexibility index (Phi) is 3.45. The zero-order valence-corrected chi connectivity index (χ0v) is 10.1. The molecule has 1 aliphatic heterocycles. The first kappa shape index (κ1) is 12.3. The molecule has 6 nitrogen and oxygen atoms in total. The molecule has 1 aromatic rings. The van der Waals surface area contributed by atoms with Gasteiger partial charge in [0, 0.05) is 19.6 Å². The number of amides is 2. The van der Waals surface area contributed by atoms with Crippen LogP contribution in [0.2, 0.25) is 0 Å². The molecule has 1 aliphatic rings. The van der Waals surface area contributed by atoms with E-state index in [1.165, 1.54) is 15.9 Å². The Balaban J connectivity index is 2.04. The number of hydrogen-bond acceptors (Lipinski definition) is 4. The van der Waals surface area contributed by atoms with Crippen LogP contribution in [-0.4, -0.2) is 47.5 Å². The number of likely N-dealkylation sites (N-methyl/N-ethyl adjacent to an activating group) is 1. The number of nitrogens with zero attached hydrogens (tertiary/aromatic N) is 2. The molecule has 0 aromatic carbocycles. The van der Waals surface area contributed by atoms with E-state index in [4.69, 9.17) is 4.42 Å². The normalized spacial score (nSPS) is 16.3. The van der Waals surface area contributed by atoms with Crippen molar-refractivity contribution in [3.63, 3.8) is 0 Å². The van der Waals surface area contributed by atoms with Gasteiger partial charge in [-0.1, -0.05) is 0 Å². The van der Waals surface area contributed by atoms with Crippen LogP contribution in [0.3, 0.4) is 0 Å². The molecule has 0 atom stereocenters. The van der Waals surface area contributed by atoms with E-state index in [2.05, 4.69) is 0 Å². The minimum Gasteiger partial charge on any atom is -0.456 e. The standard InChI is InChI=1S/C12H14N2O4/c1-2-13-5-6-14(12(17)11(13)16)7-9-3-4-10(8-15)18-9/h3-4,8H,2,5-7H2,1H3. The highest BCUT2D eigenvalue weighted by atomic mass is 16.3. The van der Waals surface area contributed by atoms with Gasteiger partial charge in [-0.15, -0.1) is 0 Å². The molecule has 0 unspecified atom stereocenters. The monoisotopic (exact) mass is 250 g/mol. The van der Waals surface area contributed by atoms with Crippen LogP contribution in [0.25, 0.3) is 0 Å². The Morgan fingerprint density at radius 3 is 2.50 bits per heavy atom. The van der Waals surface area contributed by atoms with Crippen LogP contribution in [-0.2, 0) is 16.1 Å². The first-order valence-electron chi connectivity index (χ1n) is 5.77. The quantitative estimate of drug-likeness (QED) is 0.568. The van der Waals surface area contributed by atoms with Crippen LogP contribution >= 0.6 is 0 Å². The minimum atomic E-state index is -0.521. The van der Waals surface area contributed by atoms with Gasteiger partial charge < -0.3 is 14.2 Å². The smallest absolute Gasteiger partial charge is 0.312 e. The molecule has 1 fully saturated rings. The summed E-state index contributed by atoms with van der Waals surface area (Å²) < 4.78 is 5.19. The van der Waals surface area contributed by atoms with E-state index in [1.807, 2.05) is 6.92 Å². The maximum atomic E-state index is 11.8. The third kappa shape index (κ3) is 2.27. The van der Waals surface area contributed by atoms with Crippen molar-refractivity contribution >= 4 is 18.1 Å². The van der Waals surface area contributed by atoms with Crippen LogP contribution in [0.4, 0.5) is 0 Å². The highest BCUT2D eigenvalue weighted by Gasteiger charge is 2.31. The molecule has 2 rings (SSSR count). The lowest BCUT2D eigenvalue weighted by atomic mass is 10.2. The summed E-state index contributed by atoms with van der Waals surface area (Å²) in [5, 5.41) is 0. The van der Waals surface area contributed by atoms with Crippen LogP contribution in [0.15, 0.2) is 16.5 Å². The number of aldehydes is 1. The molecule has 0 spiro atoms. The van der Waals surface area contributed by atoms with Crippen molar-refractivity contribution in [3.8, 4) is 0 Å². The zero-order chi connectivity index (χ0) is 13.1. The van der Waals surface area contributed by atoms with Crippen molar-refractivity contribution in [2.45, 2.75) is 13.5 Å². The fourth-order valence-electron chi connectivity index (χ4n) is 1.90. The summed E-state index contributed by atoms with van der Waals surface area (Å²) in [6, 6.07) is 3.17. The van der Waals surface area contributed by atoms with Gasteiger partial charge >= 0.3 is 11.8 Å². The summed E-state index contributed by atoms with van der Waals surface area (Å²) in [6.07, 6.45) is 0.603. The predicted octanol–water partition coefficient (Wildman–Crippen LogP) is 0.283. The number of furan rings is 1. The van der Waals surface area contributed by atoms with E-state index >= 15 is 0 Å². The van der Waals surface area contributed by atoms with Crippen LogP contribution in [0.1, 0.15) is 23.2 Å². The molecule has 1 saturated heterocycles. The summed E-state index contributed by atoms with van der Waals surface area (Å²) in [4.78, 5) is 36.9. The van der Waals surface area contributed by atoms with Gasteiger partial charge in [-0.2, -0.15) is 0 Å². The molecular weight excluding hydrogens is 236 g/mol. The Morgan fingerprint density at radius 2 is 1.89 bits per heavy atom. The molecule has 0 bridgehead atoms. The second kappa shape index (κ2) is 5.03. The van der Waals surface area contributed by atoms with Crippen molar-refractivity contribution in [3.05, 3.63) is 23.7 Å². The second-order valence-corrected chi connectivity index (χ2v) is 4.03. The minimum absolute atomic E-state index is 0.218. The summed E-state index contributed by atoms with van der Waals surface area (Å²) in [7, 11) is 0. The van der Waals surface area contributed by atoms with Crippen LogP contribution in [0.5, 0.6) is 0 Å². The highest BCUT2D eigenvalue weighted by molar-refractivity contribution is 6.35. The topological polar surface area (TPSA) is 70.8 Å². The fourth-order valence-corrected chi connectivity index (χ4v) is 1.90. The highest BCUT2D eigenvalue weighted by Crippen LogP contribution is 2.12. The molecule has 2 amide bonds. The van der Waals surface area contributed by atoms with Crippen LogP contribution in [0, 0.1) is 0 Å². The van der Waals surface area contributed by atoms with E-state index in [1.54, 1.807) is 6.07 Å². The first-order chi connectivity index (χ1) is 8.65. The Bertz CT molecular complexity index is 480. The first-order valence-corrected chi connectivity index (χ1v) is 5.77. The third-order valence-electron chi connectivity index (χ3n) is 2.92. The largest absolute Gasteiger partial charge is 0.456 e. The van der Waals surface area contributed by atoms with E-state index in [-0.39, 0.29) is 12.3 Å². The Morgan fingerprint density at radius 1 is 1.22 bits per heavy atom. The SMILES string of the molecule is CCN1CCN(Cc2ccc(C=O)o2)C(=O)C1=O. The lowest BCUT2D eigenvalue weighted by Crippen LogP contribution is -2.53. The molecule has 0 N–H and O–H groups in total. The van der Waals surface area contributed by atoms with Gasteiger partial charge in [-0.3, -0.25) is 14.4 Å². The van der Waals surface area contributed by atoms with Crippen molar-refractivity contribution in [2.24, 2.45) is 0 Å². The van der Waals surface area contributed by atoms with Gasteiger partial charge in [0.05, 0.1) is 6.54 Å². The van der Waals surface area contributed by atoms with Gasteiger partial charge in [-0.05, 0) is 19.1 Å². The van der Waals surface area contributed by atoms with Gasteiger partial charge in [-0.25, -0.2) is 0 Å². The molecule has 0 radical (unpaired) electrons. The van der Waals surface area contributed by atoms with Crippen molar-refractivity contribution in [1.29, 1.82) is 0 Å². The van der Waals surface area contributed by atoms with E-state index in [9.17, 15) is 14.4 Å². The maximum absolute atomic E-state index is 11.8. The average molecular weight is 250 g/mol. The molecule has 0 saturated carbocycles. The lowest BCUT2D eigenvalue weighted by Gasteiger charge is -2.32. The van der Waals surface area contributed by atoms with Gasteiger partial charge in [0.25, 0.3) is 0 Å². The molecule has 6 heteroatoms. The summed E-state index contributed by atoms with van der Waals surface area (Å²) in [5.74, 6) is -0.280. The summed E-state index contributed by atoms with van der Waals surface area (Å²) in [6.45, 7) is 3.60. The Labute approximate surface area is 104 Å². The number of hydrogen-bond donors (Lipinski definition) is 0. The van der Waals surface area contributed by atoms with E-state index in [0.717, 1.165) is 0 Å². The molecule has 0 aliphatic carbocycles. The van der Waals surface area contributed by atoms with Crippen molar-refractivity contribution < 1.29 is 18.8 Å². The predicted molar refractivity (Wildman–Crippen MR) is 61.8 cm³/mol. The zero-order valence-electron chi connectivity index (χ0n) is 10.1. The molecule has 2 heterocycles. The molecule has 96 valence electrons. The fraction of sp³-hybridized carbons (Fsp3) is 0.417. The van der Waals surface area contributed by atoms with Crippen molar-refractivity contribution in [2.75, 3.05) is 19.6 Å². The van der Waals surface area contributed by atoms with Crippen molar-refractivity contribution in [1.82, 2.24) is 9.80 Å². The molecular formula is C12H14N2O4. The van der Waals surface area contributed by atoms with E-state index in [0.29, 0.717) is 31.7 Å².